The summed E-state index contributed by atoms with van der Waals surface area (Å²) >= 11 is 7.45. The van der Waals surface area contributed by atoms with Gasteiger partial charge in [-0.2, -0.15) is 5.10 Å². The molecule has 0 aromatic heterocycles. The molecule has 2 rings (SSSR count). The fourth-order valence-electron chi connectivity index (χ4n) is 2.05. The summed E-state index contributed by atoms with van der Waals surface area (Å²) in [6, 6.07) is 15.9. The molecular weight excluding hydrogens is 354 g/mol. The lowest BCUT2D eigenvalue weighted by molar-refractivity contribution is 0.315. The number of hydrogen-bond acceptors (Lipinski definition) is 4. The lowest BCUT2D eigenvalue weighted by Gasteiger charge is -2.09. The molecule has 0 saturated carbocycles. The SMILES string of the molecule is CCCOc1ccc(C=NN=C(N)SCc2ccccc2)cc1CCl. The second kappa shape index (κ2) is 10.8. The molecule has 0 saturated heterocycles. The van der Waals surface area contributed by atoms with Crippen molar-refractivity contribution in [3.8, 4) is 5.75 Å². The van der Waals surface area contributed by atoms with E-state index in [2.05, 4.69) is 29.3 Å². The van der Waals surface area contributed by atoms with E-state index in [1.807, 2.05) is 36.4 Å². The van der Waals surface area contributed by atoms with E-state index < -0.39 is 0 Å². The summed E-state index contributed by atoms with van der Waals surface area (Å²) in [5.74, 6) is 1.97. The Morgan fingerprint density at radius 2 is 2.04 bits per heavy atom. The van der Waals surface area contributed by atoms with Crippen LogP contribution < -0.4 is 10.5 Å². The molecule has 0 aliphatic rings. The number of nitrogens with two attached hydrogens (primary N) is 1. The topological polar surface area (TPSA) is 60.0 Å². The molecule has 2 aromatic rings. The van der Waals surface area contributed by atoms with Gasteiger partial charge in [0.05, 0.1) is 18.7 Å². The van der Waals surface area contributed by atoms with Crippen molar-refractivity contribution in [2.75, 3.05) is 6.61 Å². The fraction of sp³-hybridized carbons (Fsp3) is 0.263. The molecule has 0 amide bonds. The van der Waals surface area contributed by atoms with Crippen LogP contribution in [0.15, 0.2) is 58.7 Å². The van der Waals surface area contributed by atoms with Gasteiger partial charge in [-0.3, -0.25) is 0 Å². The Morgan fingerprint density at radius 3 is 2.76 bits per heavy atom. The average Bonchev–Trinajstić information content (AvgIpc) is 2.66. The zero-order chi connectivity index (χ0) is 17.9. The molecule has 132 valence electrons. The van der Waals surface area contributed by atoms with Crippen LogP contribution in [0.3, 0.4) is 0 Å². The number of nitrogens with zero attached hydrogens (tertiary/aromatic N) is 2. The maximum atomic E-state index is 5.99. The Kier molecular flexibility index (Phi) is 8.35. The van der Waals surface area contributed by atoms with E-state index in [0.29, 0.717) is 17.7 Å². The Labute approximate surface area is 158 Å². The zero-order valence-corrected chi connectivity index (χ0v) is 15.8. The smallest absolute Gasteiger partial charge is 0.180 e. The highest BCUT2D eigenvalue weighted by Crippen LogP contribution is 2.22. The van der Waals surface area contributed by atoms with Crippen LogP contribution in [0.25, 0.3) is 0 Å². The standard InChI is InChI=1S/C19H22ClN3OS/c1-2-10-24-18-9-8-16(11-17(18)12-20)13-22-23-19(21)25-14-15-6-4-3-5-7-15/h3-9,11,13H,2,10,12,14H2,1H3,(H2,21,23). The molecule has 0 aliphatic carbocycles. The van der Waals surface area contributed by atoms with Gasteiger partial charge < -0.3 is 10.5 Å². The first-order valence-corrected chi connectivity index (χ1v) is 9.60. The molecule has 0 heterocycles. The maximum Gasteiger partial charge on any atom is 0.180 e. The minimum absolute atomic E-state index is 0.388. The van der Waals surface area contributed by atoms with E-state index in [1.165, 1.54) is 17.3 Å². The summed E-state index contributed by atoms with van der Waals surface area (Å²) in [6.45, 7) is 2.75. The summed E-state index contributed by atoms with van der Waals surface area (Å²) in [5, 5.41) is 8.51. The molecule has 2 aromatic carbocycles. The van der Waals surface area contributed by atoms with E-state index in [-0.39, 0.29) is 0 Å². The van der Waals surface area contributed by atoms with E-state index in [4.69, 9.17) is 22.1 Å². The second-order valence-corrected chi connectivity index (χ2v) is 6.57. The van der Waals surface area contributed by atoms with Gasteiger partial charge in [-0.15, -0.1) is 16.7 Å². The van der Waals surface area contributed by atoms with Crippen LogP contribution in [-0.2, 0) is 11.6 Å². The van der Waals surface area contributed by atoms with Crippen molar-refractivity contribution in [2.45, 2.75) is 25.0 Å². The van der Waals surface area contributed by atoms with Crippen molar-refractivity contribution in [3.05, 3.63) is 65.2 Å². The Morgan fingerprint density at radius 1 is 1.24 bits per heavy atom. The van der Waals surface area contributed by atoms with Crippen LogP contribution in [-0.4, -0.2) is 18.0 Å². The number of benzene rings is 2. The van der Waals surface area contributed by atoms with Crippen LogP contribution in [0.2, 0.25) is 0 Å². The number of alkyl halides is 1. The van der Waals surface area contributed by atoms with E-state index in [1.54, 1.807) is 6.21 Å². The Balaban J connectivity index is 1.93. The minimum Gasteiger partial charge on any atom is -0.493 e. The Hall–Kier alpha value is -1.98. The molecule has 0 fully saturated rings. The number of ether oxygens (including phenoxy) is 1. The molecule has 4 nitrogen and oxygen atoms in total. The van der Waals surface area contributed by atoms with Gasteiger partial charge in [0.15, 0.2) is 5.17 Å². The third-order valence-corrected chi connectivity index (χ3v) is 4.43. The van der Waals surface area contributed by atoms with Crippen molar-refractivity contribution in [1.29, 1.82) is 0 Å². The van der Waals surface area contributed by atoms with Gasteiger partial charge in [0.25, 0.3) is 0 Å². The van der Waals surface area contributed by atoms with Crippen LogP contribution in [0.4, 0.5) is 0 Å². The summed E-state index contributed by atoms with van der Waals surface area (Å²) < 4.78 is 5.67. The van der Waals surface area contributed by atoms with Gasteiger partial charge in [-0.1, -0.05) is 49.0 Å². The first-order chi connectivity index (χ1) is 12.2. The van der Waals surface area contributed by atoms with Gasteiger partial charge in [0, 0.05) is 11.3 Å². The third kappa shape index (κ3) is 6.80. The molecule has 0 aliphatic heterocycles. The highest BCUT2D eigenvalue weighted by atomic mass is 35.5. The fourth-order valence-corrected chi connectivity index (χ4v) is 2.87. The maximum absolute atomic E-state index is 5.99. The van der Waals surface area contributed by atoms with Crippen molar-refractivity contribution in [2.24, 2.45) is 15.9 Å². The van der Waals surface area contributed by atoms with E-state index >= 15 is 0 Å². The van der Waals surface area contributed by atoms with Crippen LogP contribution in [0.1, 0.15) is 30.0 Å². The molecule has 0 bridgehead atoms. The predicted molar refractivity (Wildman–Crippen MR) is 109 cm³/mol. The molecular formula is C19H22ClN3OS. The molecule has 6 heteroatoms. The van der Waals surface area contributed by atoms with Gasteiger partial charge >= 0.3 is 0 Å². The van der Waals surface area contributed by atoms with Crippen LogP contribution in [0.5, 0.6) is 5.75 Å². The van der Waals surface area contributed by atoms with Gasteiger partial charge in [0.1, 0.15) is 5.75 Å². The summed E-state index contributed by atoms with van der Waals surface area (Å²) in [5.41, 5.74) is 8.92. The largest absolute Gasteiger partial charge is 0.493 e. The molecule has 0 radical (unpaired) electrons. The van der Waals surface area contributed by atoms with E-state index in [9.17, 15) is 0 Å². The summed E-state index contributed by atoms with van der Waals surface area (Å²) in [6.07, 6.45) is 2.62. The molecule has 0 spiro atoms. The predicted octanol–water partition coefficient (Wildman–Crippen LogP) is 4.80. The monoisotopic (exact) mass is 375 g/mol. The second-order valence-electron chi connectivity index (χ2n) is 5.31. The number of hydrogen-bond donors (Lipinski definition) is 1. The van der Waals surface area contributed by atoms with Crippen molar-refractivity contribution in [3.63, 3.8) is 0 Å². The normalized spacial score (nSPS) is 11.8. The highest BCUT2D eigenvalue weighted by Gasteiger charge is 2.03. The first kappa shape index (κ1) is 19.3. The summed E-state index contributed by atoms with van der Waals surface area (Å²) in [4.78, 5) is 0. The molecule has 2 N–H and O–H groups in total. The number of halogens is 1. The van der Waals surface area contributed by atoms with Gasteiger partial charge in [-0.25, -0.2) is 0 Å². The first-order valence-electron chi connectivity index (χ1n) is 8.07. The number of thioether (sulfide) groups is 1. The van der Waals surface area contributed by atoms with Crippen molar-refractivity contribution in [1.82, 2.24) is 0 Å². The molecule has 0 unspecified atom stereocenters. The third-order valence-electron chi connectivity index (χ3n) is 3.28. The highest BCUT2D eigenvalue weighted by molar-refractivity contribution is 8.13. The molecule has 0 atom stereocenters. The van der Waals surface area contributed by atoms with E-state index in [0.717, 1.165) is 29.1 Å². The Bertz CT molecular complexity index is 720. The molecule has 25 heavy (non-hydrogen) atoms. The lowest BCUT2D eigenvalue weighted by Crippen LogP contribution is -2.06. The quantitative estimate of drug-likeness (QED) is 0.312. The minimum atomic E-state index is 0.388. The van der Waals surface area contributed by atoms with Crippen LogP contribution >= 0.6 is 23.4 Å². The van der Waals surface area contributed by atoms with Gasteiger partial charge in [-0.05, 0) is 35.7 Å². The van der Waals surface area contributed by atoms with Crippen molar-refractivity contribution < 1.29 is 4.74 Å². The number of amidine groups is 1. The lowest BCUT2D eigenvalue weighted by atomic mass is 10.1. The zero-order valence-electron chi connectivity index (χ0n) is 14.2. The average molecular weight is 376 g/mol. The van der Waals surface area contributed by atoms with Crippen LogP contribution in [0, 0.1) is 0 Å². The van der Waals surface area contributed by atoms with Crippen molar-refractivity contribution >= 4 is 34.7 Å². The summed E-state index contributed by atoms with van der Waals surface area (Å²) in [7, 11) is 0. The van der Waals surface area contributed by atoms with Gasteiger partial charge in [0.2, 0.25) is 0 Å². The number of rotatable bonds is 8.